The van der Waals surface area contributed by atoms with Gasteiger partial charge in [0.2, 0.25) is 0 Å². The molecule has 1 heterocycles. The number of rotatable bonds is 1. The van der Waals surface area contributed by atoms with E-state index in [-0.39, 0.29) is 16.3 Å². The number of carbonyl (C=O) groups is 1. The van der Waals surface area contributed by atoms with Crippen molar-refractivity contribution in [2.75, 3.05) is 0 Å². The molecule has 0 aliphatic rings. The van der Waals surface area contributed by atoms with Crippen LogP contribution < -0.4 is 0 Å². The SMILES string of the molecule is Cc1c(C(=O)O)nc(C(F)(F)F)c2ccccc12. The van der Waals surface area contributed by atoms with E-state index in [0.29, 0.717) is 0 Å². The number of halogens is 3. The third-order valence-electron chi connectivity index (χ3n) is 2.64. The van der Waals surface area contributed by atoms with Gasteiger partial charge in [-0.15, -0.1) is 0 Å². The van der Waals surface area contributed by atoms with Crippen molar-refractivity contribution in [2.24, 2.45) is 0 Å². The fourth-order valence-electron chi connectivity index (χ4n) is 1.82. The molecule has 0 saturated heterocycles. The number of nitrogens with zero attached hydrogens (tertiary/aromatic N) is 1. The number of hydrogen-bond donors (Lipinski definition) is 1. The lowest BCUT2D eigenvalue weighted by Gasteiger charge is -2.13. The van der Waals surface area contributed by atoms with Crippen molar-refractivity contribution in [3.63, 3.8) is 0 Å². The van der Waals surface area contributed by atoms with E-state index in [9.17, 15) is 18.0 Å². The number of pyridine rings is 1. The summed E-state index contributed by atoms with van der Waals surface area (Å²) in [5.74, 6) is -1.47. The first-order valence-corrected chi connectivity index (χ1v) is 5.02. The van der Waals surface area contributed by atoms with Gasteiger partial charge in [0, 0.05) is 5.39 Å². The minimum absolute atomic E-state index is 0.0903. The molecule has 94 valence electrons. The number of aromatic nitrogens is 1. The summed E-state index contributed by atoms with van der Waals surface area (Å²) < 4.78 is 38.5. The topological polar surface area (TPSA) is 50.2 Å². The minimum atomic E-state index is -4.68. The fraction of sp³-hybridized carbons (Fsp3) is 0.167. The first-order chi connectivity index (χ1) is 8.32. The lowest BCUT2D eigenvalue weighted by atomic mass is 10.0. The summed E-state index contributed by atoms with van der Waals surface area (Å²) in [7, 11) is 0. The molecule has 1 aromatic heterocycles. The maximum absolute atomic E-state index is 12.8. The molecule has 2 aromatic rings. The van der Waals surface area contributed by atoms with Crippen LogP contribution in [0.2, 0.25) is 0 Å². The van der Waals surface area contributed by atoms with E-state index in [1.165, 1.54) is 25.1 Å². The smallest absolute Gasteiger partial charge is 0.433 e. The standard InChI is InChI=1S/C12H8F3NO2/c1-6-7-4-2-3-5-8(7)10(12(13,14)15)16-9(6)11(17)18/h2-5H,1H3,(H,17,18). The van der Waals surface area contributed by atoms with Crippen molar-refractivity contribution < 1.29 is 23.1 Å². The molecule has 0 bridgehead atoms. The number of aryl methyl sites for hydroxylation is 1. The van der Waals surface area contributed by atoms with Gasteiger partial charge in [0.1, 0.15) is 0 Å². The Morgan fingerprint density at radius 1 is 1.22 bits per heavy atom. The molecule has 1 aromatic carbocycles. The average molecular weight is 255 g/mol. The van der Waals surface area contributed by atoms with E-state index in [1.54, 1.807) is 6.07 Å². The summed E-state index contributed by atoms with van der Waals surface area (Å²) in [6, 6.07) is 5.75. The Bertz CT molecular complexity index is 635. The Hall–Kier alpha value is -2.11. The monoisotopic (exact) mass is 255 g/mol. The maximum atomic E-state index is 12.8. The second-order valence-electron chi connectivity index (χ2n) is 3.78. The van der Waals surface area contributed by atoms with Crippen LogP contribution in [0.4, 0.5) is 13.2 Å². The first kappa shape index (κ1) is 12.3. The predicted molar refractivity (Wildman–Crippen MR) is 58.4 cm³/mol. The van der Waals surface area contributed by atoms with Gasteiger partial charge < -0.3 is 5.11 Å². The number of hydrogen-bond acceptors (Lipinski definition) is 2. The average Bonchev–Trinajstić information content (AvgIpc) is 2.27. The van der Waals surface area contributed by atoms with Crippen LogP contribution in [0.25, 0.3) is 10.8 Å². The second-order valence-corrected chi connectivity index (χ2v) is 3.78. The number of carboxylic acid groups (broad SMARTS) is 1. The van der Waals surface area contributed by atoms with E-state index in [0.717, 1.165) is 0 Å². The molecule has 18 heavy (non-hydrogen) atoms. The molecule has 0 unspecified atom stereocenters. The van der Waals surface area contributed by atoms with Crippen LogP contribution >= 0.6 is 0 Å². The van der Waals surface area contributed by atoms with Crippen molar-refractivity contribution >= 4 is 16.7 Å². The highest BCUT2D eigenvalue weighted by Gasteiger charge is 2.36. The Morgan fingerprint density at radius 2 is 1.78 bits per heavy atom. The zero-order chi connectivity index (χ0) is 13.5. The highest BCUT2D eigenvalue weighted by Crippen LogP contribution is 2.35. The zero-order valence-electron chi connectivity index (χ0n) is 9.25. The molecule has 0 spiro atoms. The van der Waals surface area contributed by atoms with Gasteiger partial charge in [-0.2, -0.15) is 13.2 Å². The first-order valence-electron chi connectivity index (χ1n) is 5.02. The molecule has 3 nitrogen and oxygen atoms in total. The van der Waals surface area contributed by atoms with Gasteiger partial charge in [-0.3, -0.25) is 0 Å². The van der Waals surface area contributed by atoms with Crippen LogP contribution in [-0.4, -0.2) is 16.1 Å². The van der Waals surface area contributed by atoms with Crippen LogP contribution in [0.1, 0.15) is 21.7 Å². The number of alkyl halides is 3. The lowest BCUT2D eigenvalue weighted by Crippen LogP contribution is -2.14. The number of benzene rings is 1. The van der Waals surface area contributed by atoms with Crippen LogP contribution in [0.3, 0.4) is 0 Å². The van der Waals surface area contributed by atoms with Crippen LogP contribution in [-0.2, 0) is 6.18 Å². The number of carboxylic acids is 1. The normalized spacial score (nSPS) is 11.8. The lowest BCUT2D eigenvalue weighted by molar-refractivity contribution is -0.139. The van der Waals surface area contributed by atoms with Gasteiger partial charge in [-0.25, -0.2) is 9.78 Å². The number of fused-ring (bicyclic) bond motifs is 1. The summed E-state index contributed by atoms with van der Waals surface area (Å²) in [5, 5.41) is 9.04. The van der Waals surface area contributed by atoms with Crippen molar-refractivity contribution in [3.05, 3.63) is 41.2 Å². The van der Waals surface area contributed by atoms with E-state index < -0.39 is 23.5 Å². The Labute approximate surface area is 99.9 Å². The van der Waals surface area contributed by atoms with Gasteiger partial charge in [0.15, 0.2) is 11.4 Å². The molecule has 0 saturated carbocycles. The highest BCUT2D eigenvalue weighted by molar-refractivity contribution is 5.96. The summed E-state index contributed by atoms with van der Waals surface area (Å²) in [6.07, 6.45) is -4.68. The zero-order valence-corrected chi connectivity index (χ0v) is 9.25. The third-order valence-corrected chi connectivity index (χ3v) is 2.64. The summed E-state index contributed by atoms with van der Waals surface area (Å²) in [6.45, 7) is 1.44. The molecule has 0 atom stereocenters. The van der Waals surface area contributed by atoms with E-state index >= 15 is 0 Å². The van der Waals surface area contributed by atoms with Crippen LogP contribution in [0, 0.1) is 6.92 Å². The summed E-state index contributed by atoms with van der Waals surface area (Å²) in [4.78, 5) is 14.2. The van der Waals surface area contributed by atoms with Crippen molar-refractivity contribution in [1.29, 1.82) is 0 Å². The molecular formula is C12H8F3NO2. The van der Waals surface area contributed by atoms with E-state index in [4.69, 9.17) is 5.11 Å². The van der Waals surface area contributed by atoms with Gasteiger partial charge in [-0.1, -0.05) is 24.3 Å². The van der Waals surface area contributed by atoms with Crippen LogP contribution in [0.15, 0.2) is 24.3 Å². The predicted octanol–water partition coefficient (Wildman–Crippen LogP) is 3.26. The van der Waals surface area contributed by atoms with Crippen LogP contribution in [0.5, 0.6) is 0 Å². The summed E-state index contributed by atoms with van der Waals surface area (Å²) in [5.41, 5.74) is -1.51. The quantitative estimate of drug-likeness (QED) is 0.850. The second kappa shape index (κ2) is 3.97. The Morgan fingerprint density at radius 3 is 2.28 bits per heavy atom. The van der Waals surface area contributed by atoms with E-state index in [2.05, 4.69) is 4.98 Å². The van der Waals surface area contributed by atoms with Crippen molar-refractivity contribution in [3.8, 4) is 0 Å². The molecule has 6 heteroatoms. The molecule has 0 fully saturated rings. The molecule has 1 N–H and O–H groups in total. The van der Waals surface area contributed by atoms with Gasteiger partial charge in [-0.05, 0) is 17.9 Å². The largest absolute Gasteiger partial charge is 0.477 e. The minimum Gasteiger partial charge on any atom is -0.477 e. The number of aromatic carboxylic acids is 1. The highest BCUT2D eigenvalue weighted by atomic mass is 19.4. The van der Waals surface area contributed by atoms with Gasteiger partial charge in [0.25, 0.3) is 0 Å². The molecular weight excluding hydrogens is 247 g/mol. The fourth-order valence-corrected chi connectivity index (χ4v) is 1.82. The summed E-state index contributed by atoms with van der Waals surface area (Å²) >= 11 is 0. The van der Waals surface area contributed by atoms with Crippen molar-refractivity contribution in [2.45, 2.75) is 13.1 Å². The van der Waals surface area contributed by atoms with E-state index in [1.807, 2.05) is 0 Å². The molecule has 0 aliphatic carbocycles. The molecule has 0 aliphatic heterocycles. The van der Waals surface area contributed by atoms with Gasteiger partial charge >= 0.3 is 12.1 Å². The molecule has 2 rings (SSSR count). The molecule has 0 radical (unpaired) electrons. The Balaban J connectivity index is 2.94. The van der Waals surface area contributed by atoms with Crippen molar-refractivity contribution in [1.82, 2.24) is 4.98 Å². The molecule has 0 amide bonds. The maximum Gasteiger partial charge on any atom is 0.433 e. The van der Waals surface area contributed by atoms with Gasteiger partial charge in [0.05, 0.1) is 0 Å². The Kier molecular flexibility index (Phi) is 2.73. The third kappa shape index (κ3) is 1.90.